The van der Waals surface area contributed by atoms with E-state index < -0.39 is 16.8 Å². The molecule has 0 heterocycles. The molecule has 2 N–H and O–H groups in total. The molecule has 0 atom stereocenters. The first-order chi connectivity index (χ1) is 13.4. The summed E-state index contributed by atoms with van der Waals surface area (Å²) in [5.41, 5.74) is 0.677. The minimum absolute atomic E-state index is 0.106. The summed E-state index contributed by atoms with van der Waals surface area (Å²) in [6, 6.07) is 17.8. The summed E-state index contributed by atoms with van der Waals surface area (Å²) in [5.74, 6) is -0.725. The molecule has 28 heavy (non-hydrogen) atoms. The topological polar surface area (TPSA) is 119 Å². The molecule has 0 spiro atoms. The number of nitrogens with one attached hydrogen (secondary N) is 1. The van der Waals surface area contributed by atoms with Crippen LogP contribution in [-0.4, -0.2) is 21.9 Å². The summed E-state index contributed by atoms with van der Waals surface area (Å²) < 4.78 is 5.73. The average Bonchev–Trinajstić information content (AvgIpc) is 2.70. The number of hydrogen-bond donors (Lipinski definition) is 2. The van der Waals surface area contributed by atoms with Crippen LogP contribution in [0, 0.1) is 10.1 Å². The second kappa shape index (κ2) is 8.00. The van der Waals surface area contributed by atoms with Crippen molar-refractivity contribution in [3.63, 3.8) is 0 Å². The molecule has 8 nitrogen and oxygen atoms in total. The third kappa shape index (κ3) is 4.31. The summed E-state index contributed by atoms with van der Waals surface area (Å²) in [6.07, 6.45) is 0. The van der Waals surface area contributed by atoms with Crippen LogP contribution in [0.4, 0.5) is 11.4 Å². The Morgan fingerprint density at radius 2 is 1.50 bits per heavy atom. The Morgan fingerprint density at radius 3 is 2.11 bits per heavy atom. The predicted octanol–water partition coefficient (Wildman–Crippen LogP) is 4.34. The van der Waals surface area contributed by atoms with Gasteiger partial charge in [-0.3, -0.25) is 14.9 Å². The molecule has 0 bridgehead atoms. The number of non-ortho nitro benzene ring substituents is 1. The van der Waals surface area contributed by atoms with Crippen LogP contribution in [0.1, 0.15) is 20.7 Å². The smallest absolute Gasteiger partial charge is 0.335 e. The molecule has 3 rings (SSSR count). The summed E-state index contributed by atoms with van der Waals surface area (Å²) in [7, 11) is 0. The van der Waals surface area contributed by atoms with Gasteiger partial charge in [-0.15, -0.1) is 0 Å². The summed E-state index contributed by atoms with van der Waals surface area (Å²) in [4.78, 5) is 33.5. The number of rotatable bonds is 6. The van der Waals surface area contributed by atoms with Gasteiger partial charge in [0.05, 0.1) is 16.2 Å². The Labute approximate surface area is 159 Å². The second-order valence-electron chi connectivity index (χ2n) is 5.69. The molecule has 0 aliphatic rings. The fraction of sp³-hybridized carbons (Fsp3) is 0. The lowest BCUT2D eigenvalue weighted by molar-refractivity contribution is -0.384. The molecule has 0 unspecified atom stereocenters. The maximum Gasteiger partial charge on any atom is 0.335 e. The van der Waals surface area contributed by atoms with Gasteiger partial charge in [0.2, 0.25) is 0 Å². The number of carbonyl (C=O) groups is 2. The molecule has 0 aliphatic carbocycles. The van der Waals surface area contributed by atoms with Crippen molar-refractivity contribution in [1.82, 2.24) is 0 Å². The van der Waals surface area contributed by atoms with Crippen LogP contribution >= 0.6 is 0 Å². The molecule has 0 aliphatic heterocycles. The average molecular weight is 378 g/mol. The molecule has 0 saturated carbocycles. The summed E-state index contributed by atoms with van der Waals surface area (Å²) in [6.45, 7) is 0. The van der Waals surface area contributed by atoms with Crippen LogP contribution in [0.2, 0.25) is 0 Å². The van der Waals surface area contributed by atoms with Crippen molar-refractivity contribution >= 4 is 23.3 Å². The van der Waals surface area contributed by atoms with Gasteiger partial charge in [-0.2, -0.15) is 0 Å². The number of benzene rings is 3. The van der Waals surface area contributed by atoms with Gasteiger partial charge in [-0.05, 0) is 48.5 Å². The van der Waals surface area contributed by atoms with Crippen molar-refractivity contribution in [3.8, 4) is 11.5 Å². The molecule has 140 valence electrons. The maximum atomic E-state index is 12.4. The number of hydrogen-bond acceptors (Lipinski definition) is 5. The highest BCUT2D eigenvalue weighted by atomic mass is 16.6. The normalized spacial score (nSPS) is 10.1. The zero-order valence-electron chi connectivity index (χ0n) is 14.4. The number of amides is 1. The van der Waals surface area contributed by atoms with Crippen molar-refractivity contribution in [3.05, 3.63) is 94.0 Å². The fourth-order valence-corrected chi connectivity index (χ4v) is 2.38. The molecule has 3 aromatic carbocycles. The zero-order chi connectivity index (χ0) is 20.1. The largest absolute Gasteiger partial charge is 0.478 e. The highest BCUT2D eigenvalue weighted by Crippen LogP contribution is 2.30. The first kappa shape index (κ1) is 18.6. The number of nitro benzene ring substituents is 1. The highest BCUT2D eigenvalue weighted by molar-refractivity contribution is 6.05. The van der Waals surface area contributed by atoms with Crippen molar-refractivity contribution in [2.75, 3.05) is 5.32 Å². The maximum absolute atomic E-state index is 12.4. The van der Waals surface area contributed by atoms with Gasteiger partial charge in [0.15, 0.2) is 5.75 Å². The van der Waals surface area contributed by atoms with Crippen LogP contribution in [0.25, 0.3) is 0 Å². The van der Waals surface area contributed by atoms with E-state index in [0.717, 1.165) is 0 Å². The van der Waals surface area contributed by atoms with Crippen molar-refractivity contribution < 1.29 is 24.4 Å². The highest BCUT2D eigenvalue weighted by Gasteiger charge is 2.13. The molecular weight excluding hydrogens is 364 g/mol. The van der Waals surface area contributed by atoms with Crippen molar-refractivity contribution in [2.45, 2.75) is 0 Å². The van der Waals surface area contributed by atoms with Crippen LogP contribution in [0.3, 0.4) is 0 Å². The number of ether oxygens (including phenoxy) is 1. The number of nitrogens with zero attached hydrogens (tertiary/aromatic N) is 1. The van der Waals surface area contributed by atoms with Crippen molar-refractivity contribution in [1.29, 1.82) is 0 Å². The minimum Gasteiger partial charge on any atom is -0.478 e. The molecule has 0 aromatic heterocycles. The number of para-hydroxylation sites is 2. The third-order valence-corrected chi connectivity index (χ3v) is 3.80. The summed E-state index contributed by atoms with van der Waals surface area (Å²) in [5, 5.41) is 22.3. The van der Waals surface area contributed by atoms with Gasteiger partial charge in [0, 0.05) is 17.7 Å². The molecule has 1 amide bonds. The quantitative estimate of drug-likeness (QED) is 0.486. The lowest BCUT2D eigenvalue weighted by Crippen LogP contribution is -2.12. The van der Waals surface area contributed by atoms with Gasteiger partial charge in [-0.25, -0.2) is 4.79 Å². The zero-order valence-corrected chi connectivity index (χ0v) is 14.4. The van der Waals surface area contributed by atoms with Crippen LogP contribution in [0.15, 0.2) is 72.8 Å². The Bertz CT molecular complexity index is 1030. The Morgan fingerprint density at radius 1 is 0.893 bits per heavy atom. The SMILES string of the molecule is O=C(O)c1ccc(Oc2ccccc2NC(=O)c2ccc([N+](=O)[O-])cc2)cc1. The Balaban J connectivity index is 1.77. The van der Waals surface area contributed by atoms with E-state index in [1.807, 2.05) is 0 Å². The Hall–Kier alpha value is -4.20. The number of carboxylic acids is 1. The van der Waals surface area contributed by atoms with Crippen LogP contribution in [0.5, 0.6) is 11.5 Å². The van der Waals surface area contributed by atoms with Gasteiger partial charge in [-0.1, -0.05) is 12.1 Å². The van der Waals surface area contributed by atoms with Gasteiger partial charge in [0.1, 0.15) is 5.75 Å². The van der Waals surface area contributed by atoms with E-state index >= 15 is 0 Å². The third-order valence-electron chi connectivity index (χ3n) is 3.80. The minimum atomic E-state index is -1.04. The van der Waals surface area contributed by atoms with E-state index in [1.165, 1.54) is 48.5 Å². The lowest BCUT2D eigenvalue weighted by atomic mass is 10.2. The molecular formula is C20H14N2O6. The van der Waals surface area contributed by atoms with Gasteiger partial charge >= 0.3 is 5.97 Å². The molecule has 8 heteroatoms. The molecule has 0 fully saturated rings. The van der Waals surface area contributed by atoms with E-state index in [-0.39, 0.29) is 16.8 Å². The van der Waals surface area contributed by atoms with Crippen LogP contribution in [-0.2, 0) is 0 Å². The number of nitro groups is 1. The number of carboxylic acid groups (broad SMARTS) is 1. The van der Waals surface area contributed by atoms with Gasteiger partial charge < -0.3 is 15.2 Å². The fourth-order valence-electron chi connectivity index (χ4n) is 2.38. The monoisotopic (exact) mass is 378 g/mol. The number of aromatic carboxylic acids is 1. The van der Waals surface area contributed by atoms with E-state index in [9.17, 15) is 19.7 Å². The first-order valence-electron chi connectivity index (χ1n) is 8.10. The number of carbonyl (C=O) groups excluding carboxylic acids is 1. The predicted molar refractivity (Wildman–Crippen MR) is 101 cm³/mol. The molecule has 0 radical (unpaired) electrons. The number of anilines is 1. The molecule has 0 saturated heterocycles. The van der Waals surface area contributed by atoms with E-state index in [2.05, 4.69) is 5.32 Å². The molecule has 3 aromatic rings. The van der Waals surface area contributed by atoms with Crippen LogP contribution < -0.4 is 10.1 Å². The lowest BCUT2D eigenvalue weighted by Gasteiger charge is -2.12. The van der Waals surface area contributed by atoms with Gasteiger partial charge in [0.25, 0.3) is 11.6 Å². The summed E-state index contributed by atoms with van der Waals surface area (Å²) >= 11 is 0. The van der Waals surface area contributed by atoms with E-state index in [4.69, 9.17) is 9.84 Å². The van der Waals surface area contributed by atoms with E-state index in [0.29, 0.717) is 17.2 Å². The van der Waals surface area contributed by atoms with E-state index in [1.54, 1.807) is 24.3 Å². The standard InChI is InChI=1S/C20H14N2O6/c23-19(13-5-9-15(10-6-13)22(26)27)21-17-3-1-2-4-18(17)28-16-11-7-14(8-12-16)20(24)25/h1-12H,(H,21,23)(H,24,25). The second-order valence-corrected chi connectivity index (χ2v) is 5.69. The van der Waals surface area contributed by atoms with Crippen molar-refractivity contribution in [2.24, 2.45) is 0 Å². The first-order valence-corrected chi connectivity index (χ1v) is 8.10. The Kier molecular flexibility index (Phi) is 5.31.